The van der Waals surface area contributed by atoms with E-state index in [0.29, 0.717) is 0 Å². The van der Waals surface area contributed by atoms with Crippen molar-refractivity contribution in [1.82, 2.24) is 9.88 Å². The van der Waals surface area contributed by atoms with Gasteiger partial charge >= 0.3 is 0 Å². The van der Waals surface area contributed by atoms with Crippen molar-refractivity contribution in [3.8, 4) is 0 Å². The molecule has 26 heavy (non-hydrogen) atoms. The summed E-state index contributed by atoms with van der Waals surface area (Å²) in [7, 11) is 0. The van der Waals surface area contributed by atoms with Crippen LogP contribution in [0.5, 0.6) is 0 Å². The first kappa shape index (κ1) is 18.7. The molecule has 3 heteroatoms. The Morgan fingerprint density at radius 2 is 2.08 bits per heavy atom. The van der Waals surface area contributed by atoms with E-state index < -0.39 is 0 Å². The molecule has 0 bridgehead atoms. The van der Waals surface area contributed by atoms with E-state index in [1.807, 2.05) is 19.9 Å². The highest BCUT2D eigenvalue weighted by Gasteiger charge is 2.19. The van der Waals surface area contributed by atoms with Crippen LogP contribution in [0.15, 0.2) is 54.2 Å². The maximum atomic E-state index is 13.8. The van der Waals surface area contributed by atoms with Gasteiger partial charge in [-0.3, -0.25) is 0 Å². The zero-order chi connectivity index (χ0) is 18.4. The van der Waals surface area contributed by atoms with Crippen LogP contribution in [0.3, 0.4) is 0 Å². The van der Waals surface area contributed by atoms with E-state index in [0.717, 1.165) is 50.7 Å². The normalized spacial score (nSPS) is 16.3. The fourth-order valence-electron chi connectivity index (χ4n) is 3.81. The molecule has 0 atom stereocenters. The van der Waals surface area contributed by atoms with Gasteiger partial charge in [0.15, 0.2) is 0 Å². The number of benzene rings is 1. The minimum Gasteiger partial charge on any atom is -0.344 e. The monoisotopic (exact) mass is 352 g/mol. The third-order valence-corrected chi connectivity index (χ3v) is 4.99. The van der Waals surface area contributed by atoms with Gasteiger partial charge in [0.05, 0.1) is 0 Å². The highest BCUT2D eigenvalue weighted by Crippen LogP contribution is 2.30. The van der Waals surface area contributed by atoms with Crippen LogP contribution in [-0.4, -0.2) is 11.1 Å². The molecule has 0 saturated heterocycles. The standard InChI is InChI=1S/C21H23FN2.C2H6/c22-17-9-10-21-18(14-17)19-15-23-12-5-8-20(19)24(21)13-11-16-6-3-1-2-4-7-16;1-2/h1,3-4,6-7,9-10,14,23H,2,5,8,11-13,15H2;1-2H3. The van der Waals surface area contributed by atoms with Gasteiger partial charge < -0.3 is 9.88 Å². The van der Waals surface area contributed by atoms with E-state index in [9.17, 15) is 4.39 Å². The second-order valence-electron chi connectivity index (χ2n) is 6.58. The molecule has 0 radical (unpaired) electrons. The number of nitrogens with zero attached hydrogens (tertiary/aromatic N) is 1. The molecule has 1 N–H and O–H groups in total. The number of fused-ring (bicyclic) bond motifs is 3. The number of hydrogen-bond donors (Lipinski definition) is 1. The smallest absolute Gasteiger partial charge is 0.123 e. The summed E-state index contributed by atoms with van der Waals surface area (Å²) in [5.74, 6) is -0.147. The first-order chi connectivity index (χ1) is 12.8. The average molecular weight is 352 g/mol. The Labute approximate surface area is 156 Å². The summed E-state index contributed by atoms with van der Waals surface area (Å²) >= 11 is 0. The summed E-state index contributed by atoms with van der Waals surface area (Å²) < 4.78 is 16.2. The first-order valence-corrected chi connectivity index (χ1v) is 9.85. The van der Waals surface area contributed by atoms with Crippen LogP contribution >= 0.6 is 0 Å². The molecule has 4 rings (SSSR count). The van der Waals surface area contributed by atoms with Crippen molar-refractivity contribution < 1.29 is 4.39 Å². The van der Waals surface area contributed by atoms with E-state index in [4.69, 9.17) is 0 Å². The number of nitrogens with one attached hydrogen (secondary N) is 1. The maximum Gasteiger partial charge on any atom is 0.123 e. The van der Waals surface area contributed by atoms with Gasteiger partial charge in [-0.15, -0.1) is 0 Å². The lowest BCUT2D eigenvalue weighted by molar-refractivity contribution is 0.628. The van der Waals surface area contributed by atoms with Crippen LogP contribution < -0.4 is 5.32 Å². The lowest BCUT2D eigenvalue weighted by atomic mass is 10.1. The lowest BCUT2D eigenvalue weighted by Gasteiger charge is -2.11. The van der Waals surface area contributed by atoms with E-state index in [1.54, 1.807) is 12.1 Å². The summed E-state index contributed by atoms with van der Waals surface area (Å²) in [4.78, 5) is 0. The minimum absolute atomic E-state index is 0.147. The van der Waals surface area contributed by atoms with Crippen molar-refractivity contribution in [2.45, 2.75) is 52.6 Å². The van der Waals surface area contributed by atoms with Crippen LogP contribution in [0, 0.1) is 5.82 Å². The topological polar surface area (TPSA) is 17.0 Å². The zero-order valence-corrected chi connectivity index (χ0v) is 15.9. The van der Waals surface area contributed by atoms with Crippen LogP contribution in [0.1, 0.15) is 44.4 Å². The van der Waals surface area contributed by atoms with Gasteiger partial charge in [0, 0.05) is 29.7 Å². The second-order valence-corrected chi connectivity index (χ2v) is 6.58. The number of rotatable bonds is 3. The molecule has 1 aromatic heterocycles. The summed E-state index contributed by atoms with van der Waals surface area (Å²) in [6.07, 6.45) is 15.2. The van der Waals surface area contributed by atoms with Crippen molar-refractivity contribution in [1.29, 1.82) is 0 Å². The molecule has 1 aliphatic heterocycles. The molecule has 2 aromatic rings. The van der Waals surface area contributed by atoms with Gasteiger partial charge in [0.1, 0.15) is 5.82 Å². The van der Waals surface area contributed by atoms with Crippen LogP contribution in [0.4, 0.5) is 4.39 Å². The minimum atomic E-state index is -0.147. The van der Waals surface area contributed by atoms with Gasteiger partial charge in [0.2, 0.25) is 0 Å². The molecule has 2 nitrogen and oxygen atoms in total. The largest absolute Gasteiger partial charge is 0.344 e. The van der Waals surface area contributed by atoms with Crippen LogP contribution in [-0.2, 0) is 19.5 Å². The third-order valence-electron chi connectivity index (χ3n) is 4.99. The molecular formula is C23H29FN2. The Hall–Kier alpha value is -2.13. The Bertz CT molecular complexity index is 840. The predicted octanol–water partition coefficient (Wildman–Crippen LogP) is 5.68. The maximum absolute atomic E-state index is 13.8. The van der Waals surface area contributed by atoms with Gasteiger partial charge in [-0.2, -0.15) is 0 Å². The molecule has 1 aliphatic carbocycles. The van der Waals surface area contributed by atoms with E-state index in [2.05, 4.69) is 40.3 Å². The number of aryl methyl sites for hydroxylation is 1. The molecule has 0 unspecified atom stereocenters. The predicted molar refractivity (Wildman–Crippen MR) is 109 cm³/mol. The summed E-state index contributed by atoms with van der Waals surface area (Å²) in [5.41, 5.74) is 5.19. The van der Waals surface area contributed by atoms with Crippen LogP contribution in [0.2, 0.25) is 0 Å². The number of hydrogen-bond acceptors (Lipinski definition) is 1. The molecule has 138 valence electrons. The summed E-state index contributed by atoms with van der Waals surface area (Å²) in [6, 6.07) is 5.22. The fraction of sp³-hybridized carbons (Fsp3) is 0.391. The highest BCUT2D eigenvalue weighted by molar-refractivity contribution is 5.85. The number of halogens is 1. The third kappa shape index (κ3) is 3.99. The highest BCUT2D eigenvalue weighted by atomic mass is 19.1. The Balaban J connectivity index is 0.000000948. The van der Waals surface area contributed by atoms with E-state index in [-0.39, 0.29) is 5.82 Å². The Kier molecular flexibility index (Phi) is 6.45. The fourth-order valence-corrected chi connectivity index (χ4v) is 3.81. The average Bonchev–Trinajstić information content (AvgIpc) is 2.93. The van der Waals surface area contributed by atoms with Gasteiger partial charge in [-0.1, -0.05) is 44.2 Å². The SMILES string of the molecule is CC.Fc1ccc2c(c1)c1c(n2CCC2=CC=CCC=C2)CCCNC1. The van der Waals surface area contributed by atoms with Crippen molar-refractivity contribution in [3.05, 3.63) is 71.2 Å². The summed E-state index contributed by atoms with van der Waals surface area (Å²) in [6.45, 7) is 6.82. The molecule has 0 spiro atoms. The van der Waals surface area contributed by atoms with Gasteiger partial charge in [-0.05, 0) is 61.6 Å². The zero-order valence-electron chi connectivity index (χ0n) is 15.9. The number of allylic oxidation sites excluding steroid dienone is 6. The summed E-state index contributed by atoms with van der Waals surface area (Å²) in [5, 5.41) is 4.55. The van der Waals surface area contributed by atoms with Gasteiger partial charge in [0.25, 0.3) is 0 Å². The lowest BCUT2D eigenvalue weighted by Crippen LogP contribution is -2.11. The molecule has 0 amide bonds. The molecule has 0 saturated carbocycles. The molecular weight excluding hydrogens is 323 g/mol. The van der Waals surface area contributed by atoms with E-state index >= 15 is 0 Å². The van der Waals surface area contributed by atoms with Crippen molar-refractivity contribution in [3.63, 3.8) is 0 Å². The Morgan fingerprint density at radius 1 is 1.19 bits per heavy atom. The molecule has 2 heterocycles. The van der Waals surface area contributed by atoms with Gasteiger partial charge in [-0.25, -0.2) is 4.39 Å². The van der Waals surface area contributed by atoms with Crippen LogP contribution in [0.25, 0.3) is 10.9 Å². The first-order valence-electron chi connectivity index (χ1n) is 9.85. The van der Waals surface area contributed by atoms with Crippen molar-refractivity contribution in [2.75, 3.05) is 6.54 Å². The van der Waals surface area contributed by atoms with E-state index in [1.165, 1.54) is 22.3 Å². The second kappa shape index (κ2) is 9.00. The quantitative estimate of drug-likeness (QED) is 0.752. The molecule has 2 aliphatic rings. The number of aromatic nitrogens is 1. The van der Waals surface area contributed by atoms with Crippen molar-refractivity contribution >= 4 is 10.9 Å². The van der Waals surface area contributed by atoms with Crippen molar-refractivity contribution in [2.24, 2.45) is 0 Å². The Morgan fingerprint density at radius 3 is 2.96 bits per heavy atom. The molecule has 0 fully saturated rings. The molecule has 1 aromatic carbocycles.